The molecule has 0 radical (unpaired) electrons. The molecule has 0 atom stereocenters. The Bertz CT molecular complexity index is 95.7. The molecule has 0 amide bonds. The van der Waals surface area contributed by atoms with Crippen LogP contribution in [0.5, 0.6) is 0 Å². The first-order valence-electron chi connectivity index (χ1n) is 4.46. The summed E-state index contributed by atoms with van der Waals surface area (Å²) < 4.78 is 26.2. The summed E-state index contributed by atoms with van der Waals surface area (Å²) in [6, 6.07) is 0. The van der Waals surface area contributed by atoms with E-state index >= 15 is 0 Å². The number of rotatable bonds is 5. The van der Waals surface area contributed by atoms with Crippen LogP contribution in [-0.2, 0) is 0 Å². The molecule has 0 aliphatic carbocycles. The van der Waals surface area contributed by atoms with E-state index in [0.29, 0.717) is 19.3 Å². The molecule has 0 rings (SSSR count). The van der Waals surface area contributed by atoms with Gasteiger partial charge in [-0.25, -0.2) is 8.78 Å². The highest BCUT2D eigenvalue weighted by Crippen LogP contribution is 2.33. The van der Waals surface area contributed by atoms with E-state index in [1.54, 1.807) is 6.92 Å². The van der Waals surface area contributed by atoms with Crippen LogP contribution >= 0.6 is 0 Å². The van der Waals surface area contributed by atoms with Crippen molar-refractivity contribution in [2.45, 2.75) is 52.4 Å². The second kappa shape index (κ2) is 4.68. The Labute approximate surface area is 68.0 Å². The van der Waals surface area contributed by atoms with Crippen molar-refractivity contribution >= 4 is 0 Å². The lowest BCUT2D eigenvalue weighted by Gasteiger charge is -2.24. The van der Waals surface area contributed by atoms with E-state index in [1.807, 2.05) is 13.8 Å². The second-order valence-electron chi connectivity index (χ2n) is 3.02. The zero-order valence-electron chi connectivity index (χ0n) is 7.66. The molecular weight excluding hydrogens is 146 g/mol. The third-order valence-corrected chi connectivity index (χ3v) is 2.17. The average Bonchev–Trinajstić information content (AvgIpc) is 1.89. The fraction of sp³-hybridized carbons (Fsp3) is 1.00. The monoisotopic (exact) mass is 164 g/mol. The highest BCUT2D eigenvalue weighted by molar-refractivity contribution is 4.74. The fourth-order valence-corrected chi connectivity index (χ4v) is 1.42. The molecule has 0 saturated heterocycles. The Kier molecular flexibility index (Phi) is 4.62. The molecule has 0 saturated carbocycles. The summed E-state index contributed by atoms with van der Waals surface area (Å²) in [5.41, 5.74) is 0. The summed E-state index contributed by atoms with van der Waals surface area (Å²) in [5, 5.41) is 0. The van der Waals surface area contributed by atoms with Gasteiger partial charge in [-0.1, -0.05) is 27.2 Å². The molecule has 0 aromatic carbocycles. The Hall–Kier alpha value is -0.140. The minimum absolute atomic E-state index is 0.0410. The molecule has 11 heavy (non-hydrogen) atoms. The first kappa shape index (κ1) is 10.9. The van der Waals surface area contributed by atoms with Crippen LogP contribution in [0, 0.1) is 5.92 Å². The Morgan fingerprint density at radius 3 is 1.82 bits per heavy atom. The summed E-state index contributed by atoms with van der Waals surface area (Å²) >= 11 is 0. The maximum absolute atomic E-state index is 13.1. The summed E-state index contributed by atoms with van der Waals surface area (Å²) in [5.74, 6) is -2.85. The van der Waals surface area contributed by atoms with Crippen molar-refractivity contribution in [1.29, 1.82) is 0 Å². The van der Waals surface area contributed by atoms with Crippen molar-refractivity contribution in [3.63, 3.8) is 0 Å². The van der Waals surface area contributed by atoms with E-state index in [-0.39, 0.29) is 6.42 Å². The normalized spacial score (nSPS) is 12.5. The predicted molar refractivity (Wildman–Crippen MR) is 43.9 cm³/mol. The van der Waals surface area contributed by atoms with Gasteiger partial charge in [-0.3, -0.25) is 0 Å². The summed E-state index contributed by atoms with van der Waals surface area (Å²) in [4.78, 5) is 0. The molecule has 0 N–H and O–H groups in total. The number of hydrogen-bond acceptors (Lipinski definition) is 0. The molecule has 0 aromatic heterocycles. The lowest BCUT2D eigenvalue weighted by Crippen LogP contribution is -2.26. The van der Waals surface area contributed by atoms with Gasteiger partial charge in [0.2, 0.25) is 0 Å². The van der Waals surface area contributed by atoms with Gasteiger partial charge in [0, 0.05) is 12.3 Å². The van der Waals surface area contributed by atoms with Gasteiger partial charge in [-0.2, -0.15) is 0 Å². The highest BCUT2D eigenvalue weighted by Gasteiger charge is 2.35. The van der Waals surface area contributed by atoms with Crippen LogP contribution in [0.1, 0.15) is 46.5 Å². The van der Waals surface area contributed by atoms with Gasteiger partial charge >= 0.3 is 0 Å². The lowest BCUT2D eigenvalue weighted by molar-refractivity contribution is -0.0683. The van der Waals surface area contributed by atoms with Gasteiger partial charge in [-0.05, 0) is 12.8 Å². The molecule has 0 bridgehead atoms. The van der Waals surface area contributed by atoms with Crippen LogP contribution in [0.15, 0.2) is 0 Å². The minimum atomic E-state index is -2.43. The first-order chi connectivity index (χ1) is 5.08. The third kappa shape index (κ3) is 3.17. The molecule has 0 nitrogen and oxygen atoms in total. The average molecular weight is 164 g/mol. The fourth-order valence-electron chi connectivity index (χ4n) is 1.42. The maximum atomic E-state index is 13.1. The van der Waals surface area contributed by atoms with Crippen molar-refractivity contribution in [1.82, 2.24) is 0 Å². The topological polar surface area (TPSA) is 0 Å². The molecule has 0 aliphatic rings. The van der Waals surface area contributed by atoms with Crippen LogP contribution in [0.25, 0.3) is 0 Å². The molecule has 68 valence electrons. The molecule has 0 spiro atoms. The van der Waals surface area contributed by atoms with Crippen molar-refractivity contribution in [3.8, 4) is 0 Å². The van der Waals surface area contributed by atoms with Crippen LogP contribution in [0.3, 0.4) is 0 Å². The molecule has 0 unspecified atom stereocenters. The van der Waals surface area contributed by atoms with Crippen molar-refractivity contribution in [3.05, 3.63) is 0 Å². The van der Waals surface area contributed by atoms with Crippen LogP contribution in [-0.4, -0.2) is 5.92 Å². The Morgan fingerprint density at radius 2 is 1.55 bits per heavy atom. The van der Waals surface area contributed by atoms with Gasteiger partial charge in [0.05, 0.1) is 0 Å². The summed E-state index contributed by atoms with van der Waals surface area (Å²) in [6.45, 7) is 5.46. The van der Waals surface area contributed by atoms with Crippen molar-refractivity contribution < 1.29 is 8.78 Å². The zero-order valence-corrected chi connectivity index (χ0v) is 7.66. The summed E-state index contributed by atoms with van der Waals surface area (Å²) in [7, 11) is 0. The second-order valence-corrected chi connectivity index (χ2v) is 3.02. The standard InChI is InChI=1S/C9H18F2/c1-4-7-9(10,11)8(5-2)6-3/h8H,4-7H2,1-3H3. The van der Waals surface area contributed by atoms with Gasteiger partial charge in [0.15, 0.2) is 0 Å². The summed E-state index contributed by atoms with van der Waals surface area (Å²) in [6.07, 6.45) is 1.79. The minimum Gasteiger partial charge on any atom is -0.207 e. The van der Waals surface area contributed by atoms with Crippen LogP contribution in [0.2, 0.25) is 0 Å². The van der Waals surface area contributed by atoms with Gasteiger partial charge in [-0.15, -0.1) is 0 Å². The number of alkyl halides is 2. The maximum Gasteiger partial charge on any atom is 0.250 e. The quantitative estimate of drug-likeness (QED) is 0.578. The van der Waals surface area contributed by atoms with Crippen molar-refractivity contribution in [2.24, 2.45) is 5.92 Å². The van der Waals surface area contributed by atoms with Crippen LogP contribution in [0.4, 0.5) is 8.78 Å². The highest BCUT2D eigenvalue weighted by atomic mass is 19.3. The predicted octanol–water partition coefficient (Wildman–Crippen LogP) is 3.86. The number of hydrogen-bond donors (Lipinski definition) is 0. The van der Waals surface area contributed by atoms with E-state index in [4.69, 9.17) is 0 Å². The lowest BCUT2D eigenvalue weighted by atomic mass is 9.92. The smallest absolute Gasteiger partial charge is 0.207 e. The van der Waals surface area contributed by atoms with E-state index in [2.05, 4.69) is 0 Å². The largest absolute Gasteiger partial charge is 0.250 e. The number of halogens is 2. The first-order valence-corrected chi connectivity index (χ1v) is 4.46. The van der Waals surface area contributed by atoms with Gasteiger partial charge in [0.1, 0.15) is 0 Å². The molecule has 0 fully saturated rings. The van der Waals surface area contributed by atoms with Crippen molar-refractivity contribution in [2.75, 3.05) is 0 Å². The van der Waals surface area contributed by atoms with E-state index in [1.165, 1.54) is 0 Å². The van der Waals surface area contributed by atoms with E-state index in [0.717, 1.165) is 0 Å². The molecule has 0 heterocycles. The Morgan fingerprint density at radius 1 is 1.09 bits per heavy atom. The third-order valence-electron chi connectivity index (χ3n) is 2.17. The molecule has 2 heteroatoms. The SMILES string of the molecule is CCCC(F)(F)C(CC)CC. The molecule has 0 aliphatic heterocycles. The van der Waals surface area contributed by atoms with Gasteiger partial charge in [0.25, 0.3) is 5.92 Å². The molecular formula is C9H18F2. The Balaban J connectivity index is 4.00. The van der Waals surface area contributed by atoms with E-state index < -0.39 is 11.8 Å². The zero-order chi connectivity index (χ0) is 8.91. The van der Waals surface area contributed by atoms with E-state index in [9.17, 15) is 8.78 Å². The molecule has 0 aromatic rings. The van der Waals surface area contributed by atoms with Gasteiger partial charge < -0.3 is 0 Å². The van der Waals surface area contributed by atoms with Crippen LogP contribution < -0.4 is 0 Å².